The van der Waals surface area contributed by atoms with E-state index in [1.165, 1.54) is 54.6 Å². The fourth-order valence-electron chi connectivity index (χ4n) is 7.03. The van der Waals surface area contributed by atoms with E-state index in [-0.39, 0.29) is 0 Å². The van der Waals surface area contributed by atoms with Crippen molar-refractivity contribution in [3.8, 4) is 44.7 Å². The van der Waals surface area contributed by atoms with Crippen molar-refractivity contribution >= 4 is 43.3 Å². The van der Waals surface area contributed by atoms with E-state index in [0.717, 1.165) is 33.4 Å². The minimum absolute atomic E-state index is 0.894. The van der Waals surface area contributed by atoms with Crippen LogP contribution in [0.15, 0.2) is 174 Å². The van der Waals surface area contributed by atoms with Crippen molar-refractivity contribution in [2.45, 2.75) is 0 Å². The van der Waals surface area contributed by atoms with Crippen molar-refractivity contribution in [2.24, 2.45) is 0 Å². The molecule has 0 fully saturated rings. The molecule has 210 valence electrons. The molecule has 1 nitrogen and oxygen atoms in total. The molecule has 0 saturated carbocycles. The summed E-state index contributed by atoms with van der Waals surface area (Å²) in [5.74, 6) is 0.894. The van der Waals surface area contributed by atoms with Crippen LogP contribution < -0.4 is 0 Å². The lowest BCUT2D eigenvalue weighted by molar-refractivity contribution is 0.633. The van der Waals surface area contributed by atoms with Gasteiger partial charge in [0.15, 0.2) is 0 Å². The average molecular weight is 573 g/mol. The molecule has 0 aliphatic carbocycles. The van der Waals surface area contributed by atoms with Crippen molar-refractivity contribution in [1.29, 1.82) is 0 Å². The first-order valence-corrected chi connectivity index (χ1v) is 15.4. The summed E-state index contributed by atoms with van der Waals surface area (Å²) in [6.07, 6.45) is 0. The number of hydrogen-bond donors (Lipinski definition) is 0. The van der Waals surface area contributed by atoms with Gasteiger partial charge in [-0.3, -0.25) is 0 Å². The summed E-state index contributed by atoms with van der Waals surface area (Å²) in [5.41, 5.74) is 9.17. The van der Waals surface area contributed by atoms with Gasteiger partial charge in [-0.1, -0.05) is 152 Å². The van der Waals surface area contributed by atoms with Gasteiger partial charge in [-0.05, 0) is 78.3 Å². The zero-order valence-electron chi connectivity index (χ0n) is 24.6. The van der Waals surface area contributed by atoms with Gasteiger partial charge in [0.1, 0.15) is 11.3 Å². The van der Waals surface area contributed by atoms with Gasteiger partial charge < -0.3 is 4.42 Å². The van der Waals surface area contributed by atoms with E-state index in [1.807, 2.05) is 0 Å². The average Bonchev–Trinajstić information content (AvgIpc) is 3.48. The lowest BCUT2D eigenvalue weighted by Gasteiger charge is -2.18. The van der Waals surface area contributed by atoms with Crippen LogP contribution >= 0.6 is 0 Å². The van der Waals surface area contributed by atoms with Crippen LogP contribution in [-0.2, 0) is 0 Å². The molecule has 0 atom stereocenters. The van der Waals surface area contributed by atoms with Crippen molar-refractivity contribution in [3.63, 3.8) is 0 Å². The molecular weight excluding hydrogens is 544 g/mol. The van der Waals surface area contributed by atoms with E-state index in [4.69, 9.17) is 4.42 Å². The summed E-state index contributed by atoms with van der Waals surface area (Å²) >= 11 is 0. The number of fused-ring (bicyclic) bond motifs is 4. The highest BCUT2D eigenvalue weighted by atomic mass is 16.3. The Bertz CT molecular complexity index is 2510. The largest absolute Gasteiger partial charge is 0.455 e. The van der Waals surface area contributed by atoms with Crippen molar-refractivity contribution in [2.75, 3.05) is 0 Å². The summed E-state index contributed by atoms with van der Waals surface area (Å²) < 4.78 is 6.74. The predicted octanol–water partition coefficient (Wildman–Crippen LogP) is 12.6. The van der Waals surface area contributed by atoms with Crippen LogP contribution in [0.3, 0.4) is 0 Å². The zero-order chi connectivity index (χ0) is 29.7. The molecule has 0 bridgehead atoms. The molecule has 0 N–H and O–H groups in total. The Morgan fingerprint density at radius 1 is 0.289 bits per heavy atom. The van der Waals surface area contributed by atoms with Gasteiger partial charge in [-0.15, -0.1) is 0 Å². The van der Waals surface area contributed by atoms with Gasteiger partial charge in [0.05, 0.1) is 0 Å². The summed E-state index contributed by atoms with van der Waals surface area (Å²) in [4.78, 5) is 0. The van der Waals surface area contributed by atoms with Crippen LogP contribution in [0.4, 0.5) is 0 Å². The number of benzene rings is 8. The second-order valence-electron chi connectivity index (χ2n) is 11.7. The molecule has 9 aromatic rings. The maximum Gasteiger partial charge on any atom is 0.143 e. The molecule has 0 aliphatic rings. The van der Waals surface area contributed by atoms with Gasteiger partial charge in [0.2, 0.25) is 0 Å². The van der Waals surface area contributed by atoms with E-state index in [9.17, 15) is 0 Å². The number of rotatable bonds is 4. The van der Waals surface area contributed by atoms with Crippen molar-refractivity contribution in [3.05, 3.63) is 170 Å². The van der Waals surface area contributed by atoms with Crippen LogP contribution in [0, 0.1) is 0 Å². The molecule has 0 spiro atoms. The minimum atomic E-state index is 0.894. The van der Waals surface area contributed by atoms with E-state index in [0.29, 0.717) is 0 Å². The highest BCUT2D eigenvalue weighted by Gasteiger charge is 2.22. The molecule has 0 saturated heterocycles. The fraction of sp³-hybridized carbons (Fsp3) is 0. The second kappa shape index (κ2) is 10.4. The molecule has 0 aliphatic heterocycles. The SMILES string of the molecule is c1ccc(-c2oc3cc4ccccc4cc3c2-c2ccc3c(-c4ccccc4)c4ccccc4c(-c4ccccc4)c3c2)cc1. The normalized spacial score (nSPS) is 11.6. The van der Waals surface area contributed by atoms with Crippen LogP contribution in [0.2, 0.25) is 0 Å². The third-order valence-corrected chi connectivity index (χ3v) is 9.03. The number of hydrogen-bond acceptors (Lipinski definition) is 1. The van der Waals surface area contributed by atoms with Gasteiger partial charge in [0, 0.05) is 16.5 Å². The fourth-order valence-corrected chi connectivity index (χ4v) is 7.03. The molecule has 1 aromatic heterocycles. The maximum absolute atomic E-state index is 6.74. The third kappa shape index (κ3) is 4.17. The molecule has 8 aromatic carbocycles. The Balaban J connectivity index is 1.43. The Kier molecular flexibility index (Phi) is 5.89. The second-order valence-corrected chi connectivity index (χ2v) is 11.7. The van der Waals surface area contributed by atoms with Gasteiger partial charge in [-0.2, -0.15) is 0 Å². The van der Waals surface area contributed by atoms with Crippen LogP contribution in [0.5, 0.6) is 0 Å². The van der Waals surface area contributed by atoms with E-state index >= 15 is 0 Å². The molecule has 0 unspecified atom stereocenters. The highest BCUT2D eigenvalue weighted by Crippen LogP contribution is 2.47. The van der Waals surface area contributed by atoms with E-state index in [2.05, 4.69) is 170 Å². The highest BCUT2D eigenvalue weighted by molar-refractivity contribution is 6.22. The van der Waals surface area contributed by atoms with Crippen molar-refractivity contribution < 1.29 is 4.42 Å². The van der Waals surface area contributed by atoms with Crippen molar-refractivity contribution in [1.82, 2.24) is 0 Å². The topological polar surface area (TPSA) is 13.1 Å². The summed E-state index contributed by atoms with van der Waals surface area (Å²) in [5, 5.41) is 8.47. The molecule has 45 heavy (non-hydrogen) atoms. The third-order valence-electron chi connectivity index (χ3n) is 9.03. The van der Waals surface area contributed by atoms with Gasteiger partial charge in [0.25, 0.3) is 0 Å². The first-order chi connectivity index (χ1) is 22.3. The Labute approximate surface area is 261 Å². The van der Waals surface area contributed by atoms with Crippen LogP contribution in [0.25, 0.3) is 88.0 Å². The van der Waals surface area contributed by atoms with E-state index < -0.39 is 0 Å². The molecular formula is C44H28O. The first kappa shape index (κ1) is 25.6. The Morgan fingerprint density at radius 3 is 1.40 bits per heavy atom. The summed E-state index contributed by atoms with van der Waals surface area (Å²) in [6, 6.07) is 60.9. The predicted molar refractivity (Wildman–Crippen MR) is 190 cm³/mol. The first-order valence-electron chi connectivity index (χ1n) is 15.4. The monoisotopic (exact) mass is 572 g/mol. The lowest BCUT2D eigenvalue weighted by atomic mass is 9.84. The van der Waals surface area contributed by atoms with Crippen LogP contribution in [0.1, 0.15) is 0 Å². The standard InChI is InChI=1S/C44H28O/c1-4-14-29(15-5-1)41-35-22-12-13-23-36(35)42(30-16-6-2-7-17-30)38-27-34(24-25-37(38)41)43-39-26-32-20-10-11-21-33(32)28-40(39)45-44(43)31-18-8-3-9-19-31/h1-28H. The summed E-state index contributed by atoms with van der Waals surface area (Å²) in [7, 11) is 0. The molecule has 9 rings (SSSR count). The quantitative estimate of drug-likeness (QED) is 0.191. The molecule has 1 heterocycles. The van der Waals surface area contributed by atoms with Gasteiger partial charge in [-0.25, -0.2) is 0 Å². The number of furan rings is 1. The molecule has 1 heteroatoms. The van der Waals surface area contributed by atoms with Crippen LogP contribution in [-0.4, -0.2) is 0 Å². The molecule has 0 amide bonds. The maximum atomic E-state index is 6.74. The Morgan fingerprint density at radius 2 is 0.778 bits per heavy atom. The minimum Gasteiger partial charge on any atom is -0.455 e. The smallest absolute Gasteiger partial charge is 0.143 e. The summed E-state index contributed by atoms with van der Waals surface area (Å²) in [6.45, 7) is 0. The zero-order valence-corrected chi connectivity index (χ0v) is 24.6. The molecule has 0 radical (unpaired) electrons. The Hall–Kier alpha value is -5.92. The van der Waals surface area contributed by atoms with Gasteiger partial charge >= 0.3 is 0 Å². The lowest BCUT2D eigenvalue weighted by Crippen LogP contribution is -1.92. The van der Waals surface area contributed by atoms with E-state index in [1.54, 1.807) is 0 Å².